The fraction of sp³-hybridized carbons (Fsp3) is 0.579. The van der Waals surface area contributed by atoms with E-state index in [4.69, 9.17) is 5.41 Å². The van der Waals surface area contributed by atoms with Crippen molar-refractivity contribution in [2.45, 2.75) is 39.7 Å². The van der Waals surface area contributed by atoms with Crippen LogP contribution >= 0.6 is 0 Å². The Labute approximate surface area is 146 Å². The highest BCUT2D eigenvalue weighted by Gasteiger charge is 2.18. The summed E-state index contributed by atoms with van der Waals surface area (Å²) in [6, 6.07) is 7.61. The number of piperidine rings is 1. The van der Waals surface area contributed by atoms with Gasteiger partial charge in [0.2, 0.25) is 0 Å². The first kappa shape index (κ1) is 22.3. The van der Waals surface area contributed by atoms with Gasteiger partial charge < -0.3 is 9.47 Å². The van der Waals surface area contributed by atoms with Crippen LogP contribution in [0.1, 0.15) is 44.2 Å². The summed E-state index contributed by atoms with van der Waals surface area (Å²) in [6.45, 7) is 7.00. The summed E-state index contributed by atoms with van der Waals surface area (Å²) < 4.78 is 8.88. The topological polar surface area (TPSA) is 62.6 Å². The molecule has 1 saturated heterocycles. The standard InChI is InChI=1S/C15H20N2O2.C2H6O.C2H6/c1-19-15(18)14(16)13-8-4-3-7-12(13)11-17-9-5-2-6-10-17;1-3-2;1-2/h3-4,7-8,16H,2,5-6,9-11H2,1H3;1-2H3;1-2H3. The smallest absolute Gasteiger partial charge is 0.356 e. The highest BCUT2D eigenvalue weighted by molar-refractivity contribution is 6.42. The second-order valence-electron chi connectivity index (χ2n) is 5.27. The maximum Gasteiger partial charge on any atom is 0.356 e. The van der Waals surface area contributed by atoms with E-state index in [-0.39, 0.29) is 5.71 Å². The Morgan fingerprint density at radius 2 is 1.62 bits per heavy atom. The molecular formula is C19H32N2O3. The molecule has 0 saturated carbocycles. The molecule has 0 atom stereocenters. The maximum atomic E-state index is 11.5. The van der Waals surface area contributed by atoms with Crippen molar-refractivity contribution < 1.29 is 14.3 Å². The first-order chi connectivity index (χ1) is 11.6. The SMILES string of the molecule is CC.COC.COC(=O)C(=N)c1ccccc1CN1CCCCC1. The Balaban J connectivity index is 0.000000952. The van der Waals surface area contributed by atoms with Gasteiger partial charge in [-0.2, -0.15) is 0 Å². The van der Waals surface area contributed by atoms with Crippen molar-refractivity contribution in [3.8, 4) is 0 Å². The number of likely N-dealkylation sites (tertiary alicyclic amines) is 1. The van der Waals surface area contributed by atoms with Gasteiger partial charge in [0, 0.05) is 26.3 Å². The summed E-state index contributed by atoms with van der Waals surface area (Å²) in [5, 5.41) is 7.90. The van der Waals surface area contributed by atoms with Crippen LogP contribution in [0.4, 0.5) is 0 Å². The number of carbonyl (C=O) groups excluding carboxylic acids is 1. The lowest BCUT2D eigenvalue weighted by molar-refractivity contribution is -0.132. The second kappa shape index (κ2) is 13.7. The van der Waals surface area contributed by atoms with Crippen molar-refractivity contribution >= 4 is 11.7 Å². The van der Waals surface area contributed by atoms with E-state index in [0.29, 0.717) is 5.56 Å². The number of methoxy groups -OCH3 is 2. The van der Waals surface area contributed by atoms with Crippen molar-refractivity contribution in [3.63, 3.8) is 0 Å². The predicted octanol–water partition coefficient (Wildman–Crippen LogP) is 3.50. The van der Waals surface area contributed by atoms with Gasteiger partial charge in [0.05, 0.1) is 7.11 Å². The predicted molar refractivity (Wildman–Crippen MR) is 98.7 cm³/mol. The fourth-order valence-electron chi connectivity index (χ4n) is 2.47. The summed E-state index contributed by atoms with van der Waals surface area (Å²) >= 11 is 0. The third-order valence-corrected chi connectivity index (χ3v) is 3.52. The van der Waals surface area contributed by atoms with Gasteiger partial charge >= 0.3 is 5.97 Å². The largest absolute Gasteiger partial charge is 0.464 e. The number of rotatable bonds is 4. The normalized spacial score (nSPS) is 13.7. The molecular weight excluding hydrogens is 304 g/mol. The van der Waals surface area contributed by atoms with E-state index in [9.17, 15) is 4.79 Å². The fourth-order valence-corrected chi connectivity index (χ4v) is 2.47. The molecule has 1 heterocycles. The van der Waals surface area contributed by atoms with Gasteiger partial charge in [-0.1, -0.05) is 44.5 Å². The molecule has 0 radical (unpaired) electrons. The van der Waals surface area contributed by atoms with Crippen LogP contribution < -0.4 is 0 Å². The van der Waals surface area contributed by atoms with Crippen molar-refractivity contribution in [3.05, 3.63) is 35.4 Å². The minimum Gasteiger partial charge on any atom is -0.464 e. The number of hydrogen-bond acceptors (Lipinski definition) is 5. The molecule has 0 aromatic heterocycles. The van der Waals surface area contributed by atoms with Crippen LogP contribution in [-0.4, -0.2) is 51.0 Å². The molecule has 0 aliphatic carbocycles. The molecule has 0 spiro atoms. The number of esters is 1. The second-order valence-corrected chi connectivity index (χ2v) is 5.27. The Hall–Kier alpha value is -1.72. The zero-order valence-corrected chi connectivity index (χ0v) is 15.7. The molecule has 2 rings (SSSR count). The summed E-state index contributed by atoms with van der Waals surface area (Å²) in [5.74, 6) is -0.578. The average molecular weight is 336 g/mol. The van der Waals surface area contributed by atoms with Crippen molar-refractivity contribution in [2.75, 3.05) is 34.4 Å². The zero-order chi connectivity index (χ0) is 18.4. The first-order valence-electron chi connectivity index (χ1n) is 8.51. The van der Waals surface area contributed by atoms with Crippen LogP contribution in [0.25, 0.3) is 0 Å². The number of hydrogen-bond donors (Lipinski definition) is 1. The Morgan fingerprint density at radius 1 is 1.08 bits per heavy atom. The quantitative estimate of drug-likeness (QED) is 0.675. The minimum atomic E-state index is -0.578. The highest BCUT2D eigenvalue weighted by Crippen LogP contribution is 2.16. The van der Waals surface area contributed by atoms with Crippen LogP contribution in [0, 0.1) is 5.41 Å². The van der Waals surface area contributed by atoms with E-state index < -0.39 is 5.97 Å². The molecule has 1 aliphatic rings. The zero-order valence-electron chi connectivity index (χ0n) is 15.7. The number of nitrogens with one attached hydrogen (secondary N) is 1. The molecule has 0 unspecified atom stereocenters. The molecule has 136 valence electrons. The van der Waals surface area contributed by atoms with E-state index >= 15 is 0 Å². The van der Waals surface area contributed by atoms with Crippen LogP contribution in [0.5, 0.6) is 0 Å². The summed E-state index contributed by atoms with van der Waals surface area (Å²) in [6.07, 6.45) is 3.77. The molecule has 5 heteroatoms. The Morgan fingerprint density at radius 3 is 2.17 bits per heavy atom. The molecule has 24 heavy (non-hydrogen) atoms. The van der Waals surface area contributed by atoms with Crippen molar-refractivity contribution in [1.82, 2.24) is 4.90 Å². The lowest BCUT2D eigenvalue weighted by atomic mass is 10.0. The maximum absolute atomic E-state index is 11.5. The van der Waals surface area contributed by atoms with E-state index in [1.807, 2.05) is 38.1 Å². The summed E-state index contributed by atoms with van der Waals surface area (Å²) in [7, 11) is 4.56. The average Bonchev–Trinajstić information content (AvgIpc) is 2.64. The van der Waals surface area contributed by atoms with Crippen molar-refractivity contribution in [2.24, 2.45) is 0 Å². The molecule has 5 nitrogen and oxygen atoms in total. The Kier molecular flexibility index (Phi) is 12.7. The van der Waals surface area contributed by atoms with Gasteiger partial charge in [0.15, 0.2) is 0 Å². The molecule has 1 aromatic carbocycles. The van der Waals surface area contributed by atoms with Gasteiger partial charge in [-0.15, -0.1) is 0 Å². The van der Waals surface area contributed by atoms with E-state index in [0.717, 1.165) is 25.2 Å². The van der Waals surface area contributed by atoms with Gasteiger partial charge in [-0.25, -0.2) is 4.79 Å². The summed E-state index contributed by atoms with van der Waals surface area (Å²) in [4.78, 5) is 13.9. The van der Waals surface area contributed by atoms with Gasteiger partial charge in [0.25, 0.3) is 0 Å². The van der Waals surface area contributed by atoms with Crippen molar-refractivity contribution in [1.29, 1.82) is 5.41 Å². The summed E-state index contributed by atoms with van der Waals surface area (Å²) in [5.41, 5.74) is 1.65. The number of carbonyl (C=O) groups is 1. The Bertz CT molecular complexity index is 483. The highest BCUT2D eigenvalue weighted by atomic mass is 16.5. The number of benzene rings is 1. The van der Waals surface area contributed by atoms with Gasteiger partial charge in [0.1, 0.15) is 5.71 Å². The van der Waals surface area contributed by atoms with Crippen LogP contribution in [0.15, 0.2) is 24.3 Å². The van der Waals surface area contributed by atoms with Crippen LogP contribution in [0.2, 0.25) is 0 Å². The van der Waals surface area contributed by atoms with Gasteiger partial charge in [-0.05, 0) is 31.5 Å². The molecule has 1 aliphatic heterocycles. The lowest BCUT2D eigenvalue weighted by Crippen LogP contribution is -2.30. The van der Waals surface area contributed by atoms with E-state index in [1.54, 1.807) is 14.2 Å². The molecule has 1 fully saturated rings. The third kappa shape index (κ3) is 7.70. The third-order valence-electron chi connectivity index (χ3n) is 3.52. The number of nitrogens with zero attached hydrogens (tertiary/aromatic N) is 1. The molecule has 0 amide bonds. The van der Waals surface area contributed by atoms with Gasteiger partial charge in [-0.3, -0.25) is 10.3 Å². The number of ether oxygens (including phenoxy) is 2. The van der Waals surface area contributed by atoms with E-state index in [2.05, 4.69) is 14.4 Å². The monoisotopic (exact) mass is 336 g/mol. The van der Waals surface area contributed by atoms with E-state index in [1.165, 1.54) is 26.4 Å². The lowest BCUT2D eigenvalue weighted by Gasteiger charge is -2.27. The molecule has 0 bridgehead atoms. The minimum absolute atomic E-state index is 0.0601. The first-order valence-corrected chi connectivity index (χ1v) is 8.51. The molecule has 1 N–H and O–H groups in total. The van der Waals surface area contributed by atoms with Crippen LogP contribution in [-0.2, 0) is 20.8 Å². The van der Waals surface area contributed by atoms with Crippen LogP contribution in [0.3, 0.4) is 0 Å². The molecule has 1 aromatic rings.